The van der Waals surface area contributed by atoms with Crippen molar-refractivity contribution in [1.82, 2.24) is 5.32 Å². The molecule has 0 aromatic heterocycles. The quantitative estimate of drug-likeness (QED) is 0.723. The summed E-state index contributed by atoms with van der Waals surface area (Å²) in [6.07, 6.45) is 3.33. The summed E-state index contributed by atoms with van der Waals surface area (Å²) in [7, 11) is -1.15. The molecule has 0 aliphatic carbocycles. The topological polar surface area (TPSA) is 32.3 Å². The fourth-order valence-electron chi connectivity index (χ4n) is 2.41. The molecule has 1 aromatic rings. The largest absolute Gasteiger partial charge is 0.394 e. The maximum absolute atomic E-state index is 9.78. The van der Waals surface area contributed by atoms with Gasteiger partial charge < -0.3 is 10.4 Å². The van der Waals surface area contributed by atoms with Crippen molar-refractivity contribution in [3.8, 4) is 0 Å². The van der Waals surface area contributed by atoms with Crippen LogP contribution in [0.25, 0.3) is 0 Å². The number of hydrogen-bond acceptors (Lipinski definition) is 2. The molecule has 0 bridgehead atoms. The lowest BCUT2D eigenvalue weighted by Gasteiger charge is -2.34. The lowest BCUT2D eigenvalue weighted by atomic mass is 9.84. The van der Waals surface area contributed by atoms with Gasteiger partial charge in [-0.25, -0.2) is 0 Å². The zero-order valence-electron chi connectivity index (χ0n) is 15.1. The molecule has 0 aliphatic heterocycles. The van der Waals surface area contributed by atoms with Crippen molar-refractivity contribution in [2.24, 2.45) is 5.41 Å². The van der Waals surface area contributed by atoms with E-state index >= 15 is 0 Å². The van der Waals surface area contributed by atoms with Gasteiger partial charge in [0, 0.05) is 6.04 Å². The Kier molecular flexibility index (Phi) is 7.04. The molecule has 0 saturated carbocycles. The van der Waals surface area contributed by atoms with Crippen LogP contribution >= 0.6 is 0 Å². The van der Waals surface area contributed by atoms with Gasteiger partial charge in [0.2, 0.25) is 0 Å². The minimum absolute atomic E-state index is 0.00860. The van der Waals surface area contributed by atoms with Crippen LogP contribution in [0, 0.1) is 5.41 Å². The molecule has 0 fully saturated rings. The Morgan fingerprint density at radius 2 is 1.73 bits per heavy atom. The summed E-state index contributed by atoms with van der Waals surface area (Å²) in [5, 5.41) is 13.4. The number of nitrogens with one attached hydrogen (secondary N) is 1. The standard InChI is InChI=1S/C19H33NOSi/c1-19(2,3)18(13-10-14-22(4,5)6)20-17(15-21)16-11-8-7-9-12-16/h7-12,14,17-18,20-21H,13,15H2,1-6H3/b14-10+/t17-,18+/m1/s1. The van der Waals surface area contributed by atoms with Crippen LogP contribution in [0.3, 0.4) is 0 Å². The average molecular weight is 320 g/mol. The van der Waals surface area contributed by atoms with Gasteiger partial charge in [-0.2, -0.15) is 0 Å². The van der Waals surface area contributed by atoms with E-state index in [-0.39, 0.29) is 18.1 Å². The van der Waals surface area contributed by atoms with Gasteiger partial charge in [0.05, 0.1) is 20.7 Å². The van der Waals surface area contributed by atoms with Crippen LogP contribution in [0.4, 0.5) is 0 Å². The first-order valence-electron chi connectivity index (χ1n) is 8.23. The second-order valence-electron chi connectivity index (χ2n) is 8.24. The van der Waals surface area contributed by atoms with Crippen LogP contribution in [0.2, 0.25) is 19.6 Å². The van der Waals surface area contributed by atoms with Gasteiger partial charge in [-0.15, -0.1) is 0 Å². The Hall–Kier alpha value is -0.903. The third kappa shape index (κ3) is 6.90. The predicted octanol–water partition coefficient (Wildman–Crippen LogP) is 4.55. The van der Waals surface area contributed by atoms with Crippen molar-refractivity contribution in [2.45, 2.75) is 58.9 Å². The summed E-state index contributed by atoms with van der Waals surface area (Å²) >= 11 is 0. The molecular weight excluding hydrogens is 286 g/mol. The number of aliphatic hydroxyl groups excluding tert-OH is 1. The minimum atomic E-state index is -1.15. The Morgan fingerprint density at radius 3 is 2.18 bits per heavy atom. The number of rotatable bonds is 7. The van der Waals surface area contributed by atoms with Crippen LogP contribution < -0.4 is 5.32 Å². The molecule has 1 aromatic carbocycles. The van der Waals surface area contributed by atoms with Gasteiger partial charge in [-0.3, -0.25) is 0 Å². The molecule has 0 amide bonds. The first kappa shape index (κ1) is 19.1. The molecular formula is C19H33NOSi. The van der Waals surface area contributed by atoms with Crippen LogP contribution in [-0.4, -0.2) is 25.8 Å². The Bertz CT molecular complexity index is 457. The maximum Gasteiger partial charge on any atom is 0.0682 e. The summed E-state index contributed by atoms with van der Waals surface area (Å²) in [6, 6.07) is 10.5. The van der Waals surface area contributed by atoms with E-state index in [1.165, 1.54) is 0 Å². The SMILES string of the molecule is CC(C)(C)[C@H](C/C=C/[Si](C)(C)C)N[C@H](CO)c1ccccc1. The second-order valence-corrected chi connectivity index (χ2v) is 13.3. The number of benzene rings is 1. The molecule has 2 nitrogen and oxygen atoms in total. The molecule has 22 heavy (non-hydrogen) atoms. The summed E-state index contributed by atoms with van der Waals surface area (Å²) in [5.41, 5.74) is 3.70. The predicted molar refractivity (Wildman–Crippen MR) is 99.8 cm³/mol. The van der Waals surface area contributed by atoms with Crippen molar-refractivity contribution in [2.75, 3.05) is 6.61 Å². The zero-order chi connectivity index (χ0) is 16.8. The van der Waals surface area contributed by atoms with Crippen molar-refractivity contribution < 1.29 is 5.11 Å². The Labute approximate surface area is 137 Å². The molecule has 124 valence electrons. The molecule has 0 aliphatic rings. The average Bonchev–Trinajstić information content (AvgIpc) is 2.41. The summed E-state index contributed by atoms with van der Waals surface area (Å²) in [6.45, 7) is 13.9. The summed E-state index contributed by atoms with van der Waals surface area (Å²) in [5.74, 6) is 0. The van der Waals surface area contributed by atoms with Crippen LogP contribution in [0.15, 0.2) is 42.1 Å². The van der Waals surface area contributed by atoms with E-state index in [1.54, 1.807) is 0 Å². The van der Waals surface area contributed by atoms with E-state index < -0.39 is 8.07 Å². The van der Waals surface area contributed by atoms with E-state index in [4.69, 9.17) is 0 Å². The van der Waals surface area contributed by atoms with E-state index in [9.17, 15) is 5.11 Å². The van der Waals surface area contributed by atoms with E-state index in [0.29, 0.717) is 6.04 Å². The zero-order valence-corrected chi connectivity index (χ0v) is 16.1. The number of hydrogen-bond donors (Lipinski definition) is 2. The maximum atomic E-state index is 9.78. The Morgan fingerprint density at radius 1 is 1.14 bits per heavy atom. The van der Waals surface area contributed by atoms with Crippen molar-refractivity contribution in [3.05, 3.63) is 47.7 Å². The third-order valence-corrected chi connectivity index (χ3v) is 5.06. The van der Waals surface area contributed by atoms with Gasteiger partial charge in [0.15, 0.2) is 0 Å². The highest BCUT2D eigenvalue weighted by Gasteiger charge is 2.26. The first-order chi connectivity index (χ1) is 10.1. The first-order valence-corrected chi connectivity index (χ1v) is 11.8. The second kappa shape index (κ2) is 8.09. The highest BCUT2D eigenvalue weighted by molar-refractivity contribution is 6.80. The van der Waals surface area contributed by atoms with Crippen molar-refractivity contribution in [1.29, 1.82) is 0 Å². The molecule has 0 spiro atoms. The lowest BCUT2D eigenvalue weighted by molar-refractivity contribution is 0.190. The van der Waals surface area contributed by atoms with Gasteiger partial charge >= 0.3 is 0 Å². The monoisotopic (exact) mass is 319 g/mol. The van der Waals surface area contributed by atoms with Gasteiger partial charge in [-0.05, 0) is 17.4 Å². The molecule has 2 atom stereocenters. The summed E-state index contributed by atoms with van der Waals surface area (Å²) < 4.78 is 0. The highest BCUT2D eigenvalue weighted by Crippen LogP contribution is 2.26. The van der Waals surface area contributed by atoms with E-state index in [1.807, 2.05) is 18.2 Å². The van der Waals surface area contributed by atoms with E-state index in [0.717, 1.165) is 12.0 Å². The highest BCUT2D eigenvalue weighted by atomic mass is 28.3. The normalized spacial score (nSPS) is 16.0. The van der Waals surface area contributed by atoms with Gasteiger partial charge in [-0.1, -0.05) is 82.5 Å². The lowest BCUT2D eigenvalue weighted by Crippen LogP contribution is -2.43. The van der Waals surface area contributed by atoms with Gasteiger partial charge in [0.1, 0.15) is 0 Å². The molecule has 1 rings (SSSR count). The fraction of sp³-hybridized carbons (Fsp3) is 0.579. The summed E-state index contributed by atoms with van der Waals surface area (Å²) in [4.78, 5) is 0. The fourth-order valence-corrected chi connectivity index (χ4v) is 3.25. The molecule has 0 heterocycles. The molecule has 2 N–H and O–H groups in total. The molecule has 0 radical (unpaired) electrons. The van der Waals surface area contributed by atoms with Crippen LogP contribution in [0.5, 0.6) is 0 Å². The van der Waals surface area contributed by atoms with E-state index in [2.05, 4.69) is 69.6 Å². The van der Waals surface area contributed by atoms with Crippen LogP contribution in [0.1, 0.15) is 38.8 Å². The molecule has 0 saturated heterocycles. The molecule has 3 heteroatoms. The Balaban J connectivity index is 2.82. The third-order valence-electron chi connectivity index (χ3n) is 3.82. The molecule has 0 unspecified atom stereocenters. The van der Waals surface area contributed by atoms with Crippen molar-refractivity contribution >= 4 is 8.07 Å². The van der Waals surface area contributed by atoms with Crippen LogP contribution in [-0.2, 0) is 0 Å². The van der Waals surface area contributed by atoms with Crippen molar-refractivity contribution in [3.63, 3.8) is 0 Å². The minimum Gasteiger partial charge on any atom is -0.394 e. The van der Waals surface area contributed by atoms with Gasteiger partial charge in [0.25, 0.3) is 0 Å². The smallest absolute Gasteiger partial charge is 0.0682 e. The number of aliphatic hydroxyl groups is 1.